The molecule has 2 fully saturated rings. The maximum Gasteiger partial charge on any atom is 0.352 e. The molecule has 39 heavy (non-hydrogen) atoms. The van der Waals surface area contributed by atoms with Crippen LogP contribution in [0.1, 0.15) is 23.5 Å². The molecule has 3 aliphatic rings. The molecular weight excluding hydrogens is 548 g/mol. The summed E-state index contributed by atoms with van der Waals surface area (Å²) in [6.45, 7) is 3.93. The first kappa shape index (κ1) is 26.3. The number of nitrogen functional groups attached to an aromatic ring is 1. The van der Waals surface area contributed by atoms with E-state index in [4.69, 9.17) is 5.73 Å². The Kier molecular flexibility index (Phi) is 6.82. The Morgan fingerprint density at radius 1 is 1.28 bits per heavy atom. The van der Waals surface area contributed by atoms with Gasteiger partial charge in [0.05, 0.1) is 17.6 Å². The van der Waals surface area contributed by atoms with Gasteiger partial charge in [-0.25, -0.2) is 14.8 Å². The fraction of sp³-hybridized carbons (Fsp3) is 0.304. The van der Waals surface area contributed by atoms with E-state index in [9.17, 15) is 29.5 Å². The third-order valence-corrected chi connectivity index (χ3v) is 8.31. The molecule has 14 nitrogen and oxygen atoms in total. The summed E-state index contributed by atoms with van der Waals surface area (Å²) in [6, 6.07) is -1.05. The number of oxime groups is 1. The van der Waals surface area contributed by atoms with Crippen molar-refractivity contribution in [3.63, 3.8) is 0 Å². The van der Waals surface area contributed by atoms with E-state index >= 15 is 0 Å². The first-order valence-corrected chi connectivity index (χ1v) is 13.5. The number of aryl methyl sites for hydroxylation is 2. The molecular formula is C23H22N8O6S2. The van der Waals surface area contributed by atoms with Crippen molar-refractivity contribution in [2.75, 3.05) is 22.9 Å². The molecule has 2 saturated heterocycles. The van der Waals surface area contributed by atoms with Crippen LogP contribution in [0.5, 0.6) is 0 Å². The molecule has 202 valence electrons. The average Bonchev–Trinajstić information content (AvgIpc) is 3.48. The van der Waals surface area contributed by atoms with E-state index in [0.717, 1.165) is 21.9 Å². The van der Waals surface area contributed by atoms with E-state index in [1.807, 2.05) is 0 Å². The van der Waals surface area contributed by atoms with Gasteiger partial charge in [0.15, 0.2) is 16.7 Å². The zero-order chi connectivity index (χ0) is 28.0. The highest BCUT2D eigenvalue weighted by atomic mass is 32.2. The second-order valence-corrected chi connectivity index (χ2v) is 10.9. The number of allylic oxidation sites excluding steroid dienone is 1. The highest BCUT2D eigenvalue weighted by molar-refractivity contribution is 8.00. The number of nitrogens with one attached hydrogen (secondary N) is 1. The predicted octanol–water partition coefficient (Wildman–Crippen LogP) is 0.412. The number of carbonyl (C=O) groups is 4. The van der Waals surface area contributed by atoms with Crippen LogP contribution in [0, 0.1) is 13.8 Å². The summed E-state index contributed by atoms with van der Waals surface area (Å²) >= 11 is 2.29. The summed E-state index contributed by atoms with van der Waals surface area (Å²) in [5.41, 5.74) is 6.99. The molecule has 0 unspecified atom stereocenters. The van der Waals surface area contributed by atoms with Gasteiger partial charge in [-0.05, 0) is 31.9 Å². The van der Waals surface area contributed by atoms with Crippen LogP contribution in [-0.2, 0) is 19.2 Å². The Morgan fingerprint density at radius 3 is 2.69 bits per heavy atom. The van der Waals surface area contributed by atoms with Gasteiger partial charge in [-0.1, -0.05) is 5.16 Å². The van der Waals surface area contributed by atoms with Gasteiger partial charge in [-0.2, -0.15) is 0 Å². The van der Waals surface area contributed by atoms with Crippen LogP contribution < -0.4 is 16.0 Å². The normalized spacial score (nSPS) is 22.3. The number of fused-ring (bicyclic) bond motifs is 1. The van der Waals surface area contributed by atoms with Crippen LogP contribution in [0.25, 0.3) is 0 Å². The standard InChI is InChI=1S/C23H22N8O6S2/c1-9-6-25-17(10(2)26-9)30-4-3-11(19(30)33)5-12-7-38-21-15(20(34)31(21)16(12)22(35)36)28-18(32)14(29-37)13-8-39-23(24)27-13/h5-6,8,15,21,37H,3-4,7H2,1-2H3,(H2,24,27)(H,28,32)(H,35,36)/b11-5+,29-14-/t15-,21-/m1/s1. The number of hydrogen-bond acceptors (Lipinski definition) is 12. The lowest BCUT2D eigenvalue weighted by Crippen LogP contribution is -2.71. The minimum atomic E-state index is -1.33. The van der Waals surface area contributed by atoms with Crippen molar-refractivity contribution in [2.45, 2.75) is 31.7 Å². The molecule has 0 saturated carbocycles. The van der Waals surface area contributed by atoms with Crippen LogP contribution in [-0.4, -0.2) is 83.3 Å². The Hall–Kier alpha value is -4.31. The fourth-order valence-electron chi connectivity index (χ4n) is 4.59. The summed E-state index contributed by atoms with van der Waals surface area (Å²) in [6.07, 6.45) is 3.47. The first-order valence-electron chi connectivity index (χ1n) is 11.6. The van der Waals surface area contributed by atoms with Crippen molar-refractivity contribution >= 4 is 63.5 Å². The van der Waals surface area contributed by atoms with E-state index in [2.05, 4.69) is 25.4 Å². The van der Waals surface area contributed by atoms with E-state index < -0.39 is 34.9 Å². The zero-order valence-corrected chi connectivity index (χ0v) is 22.2. The van der Waals surface area contributed by atoms with Gasteiger partial charge in [0.25, 0.3) is 17.7 Å². The van der Waals surface area contributed by atoms with Crippen molar-refractivity contribution in [3.05, 3.63) is 51.6 Å². The molecule has 0 radical (unpaired) electrons. The summed E-state index contributed by atoms with van der Waals surface area (Å²) in [5.74, 6) is -2.51. The summed E-state index contributed by atoms with van der Waals surface area (Å²) in [7, 11) is 0. The number of nitrogens with zero attached hydrogens (tertiary/aromatic N) is 6. The van der Waals surface area contributed by atoms with Crippen molar-refractivity contribution in [2.24, 2.45) is 5.16 Å². The smallest absolute Gasteiger partial charge is 0.352 e. The number of β-lactam (4-membered cyclic amide) rings is 1. The van der Waals surface area contributed by atoms with Gasteiger partial charge >= 0.3 is 5.97 Å². The highest BCUT2D eigenvalue weighted by Gasteiger charge is 2.54. The number of nitrogens with two attached hydrogens (primary N) is 1. The van der Waals surface area contributed by atoms with Gasteiger partial charge in [0.1, 0.15) is 22.8 Å². The molecule has 16 heteroatoms. The number of rotatable bonds is 6. The molecule has 2 aromatic rings. The van der Waals surface area contributed by atoms with Gasteiger partial charge in [-0.3, -0.25) is 29.2 Å². The molecule has 0 spiro atoms. The Balaban J connectivity index is 1.35. The molecule has 3 amide bonds. The summed E-state index contributed by atoms with van der Waals surface area (Å²) in [5, 5.41) is 25.6. The molecule has 0 aromatic carbocycles. The molecule has 5 heterocycles. The van der Waals surface area contributed by atoms with Crippen molar-refractivity contribution in [3.8, 4) is 0 Å². The number of anilines is 2. The Morgan fingerprint density at radius 2 is 2.05 bits per heavy atom. The van der Waals surface area contributed by atoms with Crippen molar-refractivity contribution < 1.29 is 29.5 Å². The minimum Gasteiger partial charge on any atom is -0.477 e. The van der Waals surface area contributed by atoms with Gasteiger partial charge in [-0.15, -0.1) is 23.1 Å². The van der Waals surface area contributed by atoms with Gasteiger partial charge in [0, 0.05) is 23.3 Å². The SMILES string of the molecule is Cc1cnc(N2CC/C(=C\C3=C(C(=O)O)N4C(=O)[C@@H](NC(=O)/C(=N\O)c5csc(N)n5)[C@H]4SC3)C2=O)c(C)n1. The molecule has 0 aliphatic carbocycles. The molecule has 2 atom stereocenters. The Labute approximate surface area is 229 Å². The Bertz CT molecular complexity index is 1520. The number of hydrogen-bond donors (Lipinski definition) is 4. The maximum atomic E-state index is 13.1. The van der Waals surface area contributed by atoms with Crippen molar-refractivity contribution in [1.29, 1.82) is 0 Å². The van der Waals surface area contributed by atoms with Crippen LogP contribution >= 0.6 is 23.1 Å². The summed E-state index contributed by atoms with van der Waals surface area (Å²) < 4.78 is 0. The largest absolute Gasteiger partial charge is 0.477 e. The number of aliphatic carboxylic acids is 1. The number of carboxylic acids is 1. The van der Waals surface area contributed by atoms with Crippen LogP contribution in [0.2, 0.25) is 0 Å². The van der Waals surface area contributed by atoms with Crippen LogP contribution in [0.15, 0.2) is 39.7 Å². The fourth-order valence-corrected chi connectivity index (χ4v) is 6.44. The zero-order valence-electron chi connectivity index (χ0n) is 20.6. The van der Waals surface area contributed by atoms with E-state index in [1.165, 1.54) is 28.1 Å². The van der Waals surface area contributed by atoms with Crippen LogP contribution in [0.4, 0.5) is 10.9 Å². The van der Waals surface area contributed by atoms with Gasteiger partial charge < -0.3 is 21.4 Å². The number of carboxylic acid groups (broad SMARTS) is 1. The number of thioether (sulfide) groups is 1. The number of aromatic nitrogens is 3. The lowest BCUT2D eigenvalue weighted by molar-refractivity contribution is -0.150. The topological polar surface area (TPSA) is 204 Å². The lowest BCUT2D eigenvalue weighted by atomic mass is 10.0. The van der Waals surface area contributed by atoms with E-state index in [-0.39, 0.29) is 28.2 Å². The molecule has 5 N–H and O–H groups in total. The predicted molar refractivity (Wildman–Crippen MR) is 141 cm³/mol. The molecule has 2 aromatic heterocycles. The third kappa shape index (κ3) is 4.61. The molecule has 5 rings (SSSR count). The lowest BCUT2D eigenvalue weighted by Gasteiger charge is -2.49. The van der Waals surface area contributed by atoms with Crippen LogP contribution in [0.3, 0.4) is 0 Å². The highest BCUT2D eigenvalue weighted by Crippen LogP contribution is 2.41. The molecule has 3 aliphatic heterocycles. The number of amides is 3. The maximum absolute atomic E-state index is 13.1. The van der Waals surface area contributed by atoms with Gasteiger partial charge in [0.2, 0.25) is 0 Å². The first-order chi connectivity index (χ1) is 18.6. The number of carbonyl (C=O) groups excluding carboxylic acids is 3. The third-order valence-electron chi connectivity index (χ3n) is 6.34. The van der Waals surface area contributed by atoms with E-state index in [0.29, 0.717) is 35.6 Å². The second kappa shape index (κ2) is 10.1. The summed E-state index contributed by atoms with van der Waals surface area (Å²) in [4.78, 5) is 66.3. The minimum absolute atomic E-state index is 0.0412. The number of thiazole rings is 1. The quantitative estimate of drug-likeness (QED) is 0.123. The average molecular weight is 571 g/mol. The second-order valence-electron chi connectivity index (χ2n) is 8.86. The monoisotopic (exact) mass is 570 g/mol. The van der Waals surface area contributed by atoms with Crippen molar-refractivity contribution in [1.82, 2.24) is 25.2 Å². The van der Waals surface area contributed by atoms with E-state index in [1.54, 1.807) is 20.0 Å². The molecule has 0 bridgehead atoms.